The molecule has 0 atom stereocenters. The molecule has 0 spiro atoms. The third-order valence-corrected chi connectivity index (χ3v) is 3.54. The van der Waals surface area contributed by atoms with Crippen molar-refractivity contribution in [2.75, 3.05) is 12.8 Å². The summed E-state index contributed by atoms with van der Waals surface area (Å²) in [5.41, 5.74) is 5.92. The van der Waals surface area contributed by atoms with Crippen molar-refractivity contribution in [1.29, 1.82) is 0 Å². The zero-order chi connectivity index (χ0) is 13.1. The van der Waals surface area contributed by atoms with Gasteiger partial charge in [0.2, 0.25) is 0 Å². The van der Waals surface area contributed by atoms with Crippen LogP contribution in [0.15, 0.2) is 12.1 Å². The molecular weight excluding hydrogens is 233 g/mol. The summed E-state index contributed by atoms with van der Waals surface area (Å²) in [6.45, 7) is 2.24. The molecule has 1 aromatic carbocycles. The van der Waals surface area contributed by atoms with Crippen LogP contribution >= 0.6 is 0 Å². The molecular formula is C14H20FNO2. The van der Waals surface area contributed by atoms with Crippen molar-refractivity contribution in [3.05, 3.63) is 17.9 Å². The number of ether oxygens (including phenoxy) is 2. The van der Waals surface area contributed by atoms with E-state index in [1.807, 2.05) is 0 Å². The molecule has 1 aliphatic carbocycles. The molecule has 1 saturated carbocycles. The van der Waals surface area contributed by atoms with Crippen LogP contribution in [0.4, 0.5) is 10.1 Å². The number of hydrogen-bond acceptors (Lipinski definition) is 3. The van der Waals surface area contributed by atoms with Gasteiger partial charge in [0.25, 0.3) is 0 Å². The summed E-state index contributed by atoms with van der Waals surface area (Å²) in [7, 11) is 1.51. The van der Waals surface area contributed by atoms with E-state index in [1.54, 1.807) is 0 Å². The van der Waals surface area contributed by atoms with Crippen LogP contribution < -0.4 is 15.2 Å². The number of anilines is 1. The summed E-state index contributed by atoms with van der Waals surface area (Å²) in [4.78, 5) is 0. The van der Waals surface area contributed by atoms with Gasteiger partial charge in [0.1, 0.15) is 5.75 Å². The average molecular weight is 253 g/mol. The molecule has 4 heteroatoms. The Balaban J connectivity index is 2.09. The topological polar surface area (TPSA) is 44.5 Å². The first kappa shape index (κ1) is 13.0. The predicted octanol–water partition coefficient (Wildman–Crippen LogP) is 3.37. The molecule has 2 rings (SSSR count). The van der Waals surface area contributed by atoms with Gasteiger partial charge in [0, 0.05) is 12.1 Å². The van der Waals surface area contributed by atoms with E-state index >= 15 is 0 Å². The van der Waals surface area contributed by atoms with E-state index in [4.69, 9.17) is 15.2 Å². The van der Waals surface area contributed by atoms with E-state index in [0.29, 0.717) is 11.4 Å². The number of benzene rings is 1. The number of nitrogens with two attached hydrogens (primary N) is 1. The Hall–Kier alpha value is -1.45. The molecule has 0 heterocycles. The van der Waals surface area contributed by atoms with Crippen LogP contribution in [0.2, 0.25) is 0 Å². The molecule has 0 unspecified atom stereocenters. The zero-order valence-electron chi connectivity index (χ0n) is 10.9. The van der Waals surface area contributed by atoms with Gasteiger partial charge in [-0.3, -0.25) is 0 Å². The highest BCUT2D eigenvalue weighted by Crippen LogP contribution is 2.33. The quantitative estimate of drug-likeness (QED) is 0.840. The lowest BCUT2D eigenvalue weighted by Crippen LogP contribution is -2.23. The fourth-order valence-electron chi connectivity index (χ4n) is 2.34. The van der Waals surface area contributed by atoms with Crippen molar-refractivity contribution in [1.82, 2.24) is 0 Å². The van der Waals surface area contributed by atoms with Gasteiger partial charge in [-0.1, -0.05) is 6.92 Å². The van der Waals surface area contributed by atoms with E-state index < -0.39 is 5.82 Å². The van der Waals surface area contributed by atoms with Crippen LogP contribution in [0.3, 0.4) is 0 Å². The minimum atomic E-state index is -0.424. The van der Waals surface area contributed by atoms with Gasteiger partial charge < -0.3 is 15.2 Å². The lowest BCUT2D eigenvalue weighted by Gasteiger charge is -2.27. The van der Waals surface area contributed by atoms with E-state index in [9.17, 15) is 4.39 Å². The fourth-order valence-corrected chi connectivity index (χ4v) is 2.34. The van der Waals surface area contributed by atoms with Gasteiger partial charge in [-0.15, -0.1) is 0 Å². The second-order valence-electron chi connectivity index (χ2n) is 5.02. The Bertz CT molecular complexity index is 415. The smallest absolute Gasteiger partial charge is 0.167 e. The zero-order valence-corrected chi connectivity index (χ0v) is 10.9. The molecule has 0 amide bonds. The van der Waals surface area contributed by atoms with Crippen LogP contribution in [-0.2, 0) is 0 Å². The third kappa shape index (κ3) is 2.86. The molecule has 0 saturated heterocycles. The van der Waals surface area contributed by atoms with Crippen molar-refractivity contribution in [2.24, 2.45) is 5.92 Å². The Morgan fingerprint density at radius 2 is 1.83 bits per heavy atom. The second-order valence-corrected chi connectivity index (χ2v) is 5.02. The first-order chi connectivity index (χ1) is 8.60. The summed E-state index contributed by atoms with van der Waals surface area (Å²) >= 11 is 0. The molecule has 100 valence electrons. The number of rotatable bonds is 3. The summed E-state index contributed by atoms with van der Waals surface area (Å²) in [5.74, 6) is 1.01. The van der Waals surface area contributed by atoms with E-state index in [-0.39, 0.29) is 11.9 Å². The number of nitrogen functional groups attached to an aromatic ring is 1. The summed E-state index contributed by atoms with van der Waals surface area (Å²) in [5, 5.41) is 0. The summed E-state index contributed by atoms with van der Waals surface area (Å²) in [6.07, 6.45) is 4.33. The summed E-state index contributed by atoms with van der Waals surface area (Å²) < 4.78 is 24.5. The summed E-state index contributed by atoms with van der Waals surface area (Å²) in [6, 6.07) is 2.78. The van der Waals surface area contributed by atoms with Gasteiger partial charge in [-0.05, 0) is 31.6 Å². The van der Waals surface area contributed by atoms with Crippen molar-refractivity contribution >= 4 is 5.69 Å². The number of halogens is 1. The normalized spacial score (nSPS) is 23.7. The first-order valence-corrected chi connectivity index (χ1v) is 6.39. The van der Waals surface area contributed by atoms with E-state index in [0.717, 1.165) is 31.6 Å². The Morgan fingerprint density at radius 3 is 2.44 bits per heavy atom. The van der Waals surface area contributed by atoms with E-state index in [1.165, 1.54) is 19.2 Å². The van der Waals surface area contributed by atoms with Crippen LogP contribution in [0, 0.1) is 11.7 Å². The van der Waals surface area contributed by atoms with Gasteiger partial charge in [0.05, 0.1) is 18.9 Å². The fraction of sp³-hybridized carbons (Fsp3) is 0.571. The molecule has 1 aromatic rings. The maximum atomic E-state index is 13.7. The Morgan fingerprint density at radius 1 is 1.17 bits per heavy atom. The van der Waals surface area contributed by atoms with Gasteiger partial charge in [-0.25, -0.2) is 4.39 Å². The highest BCUT2D eigenvalue weighted by atomic mass is 19.1. The molecule has 3 nitrogen and oxygen atoms in total. The van der Waals surface area contributed by atoms with Crippen molar-refractivity contribution < 1.29 is 13.9 Å². The van der Waals surface area contributed by atoms with Gasteiger partial charge in [0.15, 0.2) is 11.6 Å². The Labute approximate surface area is 107 Å². The minimum absolute atomic E-state index is 0.101. The lowest BCUT2D eigenvalue weighted by atomic mass is 9.89. The van der Waals surface area contributed by atoms with E-state index in [2.05, 4.69) is 6.92 Å². The van der Waals surface area contributed by atoms with Gasteiger partial charge in [-0.2, -0.15) is 0 Å². The van der Waals surface area contributed by atoms with Crippen LogP contribution in [0.25, 0.3) is 0 Å². The highest BCUT2D eigenvalue weighted by Gasteiger charge is 2.21. The average Bonchev–Trinajstić information content (AvgIpc) is 2.35. The standard InChI is InChI=1S/C14H20FNO2/c1-9-3-5-10(6-4-9)18-13-8-14(17-2)12(16)7-11(13)15/h7-10H,3-6,16H2,1-2H3. The third-order valence-electron chi connectivity index (χ3n) is 3.54. The molecule has 0 aromatic heterocycles. The molecule has 0 bridgehead atoms. The van der Waals surface area contributed by atoms with Gasteiger partial charge >= 0.3 is 0 Å². The Kier molecular flexibility index (Phi) is 3.94. The van der Waals surface area contributed by atoms with Crippen LogP contribution in [-0.4, -0.2) is 13.2 Å². The van der Waals surface area contributed by atoms with Crippen molar-refractivity contribution in [2.45, 2.75) is 38.7 Å². The maximum absolute atomic E-state index is 13.7. The molecule has 18 heavy (non-hydrogen) atoms. The van der Waals surface area contributed by atoms with Crippen LogP contribution in [0.5, 0.6) is 11.5 Å². The monoisotopic (exact) mass is 253 g/mol. The predicted molar refractivity (Wildman–Crippen MR) is 69.4 cm³/mol. The maximum Gasteiger partial charge on any atom is 0.167 e. The highest BCUT2D eigenvalue weighted by molar-refractivity contribution is 5.56. The SMILES string of the molecule is COc1cc(OC2CCC(C)CC2)c(F)cc1N. The van der Waals surface area contributed by atoms with Crippen molar-refractivity contribution in [3.8, 4) is 11.5 Å². The lowest BCUT2D eigenvalue weighted by molar-refractivity contribution is 0.130. The molecule has 1 aliphatic rings. The first-order valence-electron chi connectivity index (χ1n) is 6.39. The minimum Gasteiger partial charge on any atom is -0.494 e. The molecule has 2 N–H and O–H groups in total. The molecule has 1 fully saturated rings. The van der Waals surface area contributed by atoms with Crippen molar-refractivity contribution in [3.63, 3.8) is 0 Å². The molecule has 0 radical (unpaired) electrons. The molecule has 0 aliphatic heterocycles. The van der Waals surface area contributed by atoms with Crippen LogP contribution in [0.1, 0.15) is 32.6 Å². The largest absolute Gasteiger partial charge is 0.494 e. The number of hydrogen-bond donors (Lipinski definition) is 1. The second kappa shape index (κ2) is 5.46. The number of methoxy groups -OCH3 is 1.